The summed E-state index contributed by atoms with van der Waals surface area (Å²) in [6.45, 7) is 0.356. The van der Waals surface area contributed by atoms with Crippen LogP contribution in [0, 0.1) is 10.1 Å². The van der Waals surface area contributed by atoms with Gasteiger partial charge < -0.3 is 4.74 Å². The number of nitro benzene ring substituents is 1. The smallest absolute Gasteiger partial charge is 0.387 e. The molecule has 1 rings (SSSR count). The minimum Gasteiger partial charge on any atom is -0.434 e. The van der Waals surface area contributed by atoms with Crippen molar-refractivity contribution in [2.75, 3.05) is 0 Å². The first-order chi connectivity index (χ1) is 7.04. The molecule has 0 N–H and O–H groups in total. The molecule has 0 aliphatic carbocycles. The van der Waals surface area contributed by atoms with Crippen LogP contribution >= 0.6 is 0 Å². The lowest BCUT2D eigenvalue weighted by Crippen LogP contribution is -2.03. The summed E-state index contributed by atoms with van der Waals surface area (Å²) >= 11 is 0. The Morgan fingerprint density at radius 1 is 1.53 bits per heavy atom. The number of hydrogen-bond acceptors (Lipinski definition) is 3. The van der Waals surface area contributed by atoms with Gasteiger partial charge in [-0.15, -0.1) is 0 Å². The molecule has 1 aromatic carbocycles. The molecule has 6 heteroatoms. The minimum absolute atomic E-state index is 0.255. The van der Waals surface area contributed by atoms with Crippen molar-refractivity contribution in [2.45, 2.75) is 6.61 Å². The van der Waals surface area contributed by atoms with E-state index in [1.54, 1.807) is 0 Å². The largest absolute Gasteiger partial charge is 0.434 e. The minimum atomic E-state index is -3.02. The van der Waals surface area contributed by atoms with Gasteiger partial charge in [-0.3, -0.25) is 10.1 Å². The van der Waals surface area contributed by atoms with Gasteiger partial charge in [-0.25, -0.2) is 0 Å². The molecule has 0 unspecified atom stereocenters. The van der Waals surface area contributed by atoms with E-state index in [9.17, 15) is 18.9 Å². The van der Waals surface area contributed by atoms with Gasteiger partial charge in [-0.05, 0) is 6.07 Å². The maximum absolute atomic E-state index is 11.9. The van der Waals surface area contributed by atoms with Crippen LogP contribution in [0.15, 0.2) is 24.8 Å². The van der Waals surface area contributed by atoms with Gasteiger partial charge in [0.05, 0.1) is 11.0 Å². The molecule has 0 spiro atoms. The van der Waals surface area contributed by atoms with Gasteiger partial charge in [0, 0.05) is 11.6 Å². The number of ether oxygens (including phenoxy) is 1. The Bertz CT molecular complexity index is 393. The first-order valence-corrected chi connectivity index (χ1v) is 3.90. The second kappa shape index (κ2) is 4.50. The van der Waals surface area contributed by atoms with Crippen molar-refractivity contribution >= 4 is 11.8 Å². The molecule has 0 radical (unpaired) electrons. The standard InChI is InChI=1S/C9H7F2NO3/c1-2-6-3-4-7(12(13)14)5-8(6)15-9(10)11/h2-5,9H,1H2. The molecule has 4 nitrogen and oxygen atoms in total. The fourth-order valence-electron chi connectivity index (χ4n) is 1.00. The molecule has 80 valence electrons. The van der Waals surface area contributed by atoms with E-state index in [1.165, 1.54) is 18.2 Å². The van der Waals surface area contributed by atoms with Crippen molar-refractivity contribution < 1.29 is 18.4 Å². The molecule has 0 bridgehead atoms. The van der Waals surface area contributed by atoms with Crippen LogP contribution in [0.3, 0.4) is 0 Å². The first-order valence-electron chi connectivity index (χ1n) is 3.90. The highest BCUT2D eigenvalue weighted by atomic mass is 19.3. The fraction of sp³-hybridized carbons (Fsp3) is 0.111. The lowest BCUT2D eigenvalue weighted by atomic mass is 10.2. The molecule has 0 amide bonds. The van der Waals surface area contributed by atoms with E-state index in [0.717, 1.165) is 6.07 Å². The van der Waals surface area contributed by atoms with Gasteiger partial charge in [0.25, 0.3) is 5.69 Å². The molecular formula is C9H7F2NO3. The van der Waals surface area contributed by atoms with Crippen molar-refractivity contribution in [3.63, 3.8) is 0 Å². The van der Waals surface area contributed by atoms with E-state index in [0.29, 0.717) is 0 Å². The van der Waals surface area contributed by atoms with Crippen LogP contribution in [0.2, 0.25) is 0 Å². The number of non-ortho nitro benzene ring substituents is 1. The Labute approximate surface area is 83.9 Å². The molecule has 0 atom stereocenters. The van der Waals surface area contributed by atoms with Crippen LogP contribution in [0.4, 0.5) is 14.5 Å². The number of hydrogen-bond donors (Lipinski definition) is 0. The second-order valence-electron chi connectivity index (χ2n) is 2.56. The lowest BCUT2D eigenvalue weighted by Gasteiger charge is -2.07. The summed E-state index contributed by atoms with van der Waals surface area (Å²) in [7, 11) is 0. The van der Waals surface area contributed by atoms with E-state index in [2.05, 4.69) is 11.3 Å². The summed E-state index contributed by atoms with van der Waals surface area (Å²) in [4.78, 5) is 9.69. The monoisotopic (exact) mass is 215 g/mol. The van der Waals surface area contributed by atoms with Crippen molar-refractivity contribution in [1.29, 1.82) is 0 Å². The number of rotatable bonds is 4. The topological polar surface area (TPSA) is 52.4 Å². The number of nitrogens with zero attached hydrogens (tertiary/aromatic N) is 1. The quantitative estimate of drug-likeness (QED) is 0.573. The average molecular weight is 215 g/mol. The maximum Gasteiger partial charge on any atom is 0.387 e. The van der Waals surface area contributed by atoms with E-state index in [1.807, 2.05) is 0 Å². The Morgan fingerprint density at radius 3 is 2.67 bits per heavy atom. The first kappa shape index (κ1) is 11.1. The molecule has 0 aliphatic heterocycles. The highest BCUT2D eigenvalue weighted by Crippen LogP contribution is 2.26. The third-order valence-corrected chi connectivity index (χ3v) is 1.64. The summed E-state index contributed by atoms with van der Waals surface area (Å²) in [6, 6.07) is 3.42. The van der Waals surface area contributed by atoms with Gasteiger partial charge >= 0.3 is 6.61 Å². The summed E-state index contributed by atoms with van der Waals surface area (Å²) in [5.41, 5.74) is -0.0304. The summed E-state index contributed by atoms with van der Waals surface area (Å²) in [5.74, 6) is -0.255. The summed E-state index contributed by atoms with van der Waals surface area (Å²) in [6.07, 6.45) is 1.28. The van der Waals surface area contributed by atoms with Crippen LogP contribution in [-0.4, -0.2) is 11.5 Å². The van der Waals surface area contributed by atoms with Crippen LogP contribution < -0.4 is 4.74 Å². The van der Waals surface area contributed by atoms with Crippen molar-refractivity contribution in [3.8, 4) is 5.75 Å². The molecule has 0 fully saturated rings. The highest BCUT2D eigenvalue weighted by Gasteiger charge is 2.13. The molecule has 0 saturated heterocycles. The van der Waals surface area contributed by atoms with Crippen molar-refractivity contribution in [1.82, 2.24) is 0 Å². The molecule has 1 aromatic rings. The fourth-order valence-corrected chi connectivity index (χ4v) is 1.00. The predicted octanol–water partition coefficient (Wildman–Crippen LogP) is 2.84. The van der Waals surface area contributed by atoms with Crippen molar-refractivity contribution in [2.24, 2.45) is 0 Å². The molecule has 0 heterocycles. The second-order valence-corrected chi connectivity index (χ2v) is 2.56. The molecule has 0 aromatic heterocycles. The van der Waals surface area contributed by atoms with E-state index < -0.39 is 11.5 Å². The average Bonchev–Trinajstić information content (AvgIpc) is 2.16. The zero-order valence-electron chi connectivity index (χ0n) is 7.52. The SMILES string of the molecule is C=Cc1ccc([N+](=O)[O-])cc1OC(F)F. The molecular weight excluding hydrogens is 208 g/mol. The lowest BCUT2D eigenvalue weighted by molar-refractivity contribution is -0.385. The van der Waals surface area contributed by atoms with E-state index in [-0.39, 0.29) is 17.0 Å². The number of benzene rings is 1. The van der Waals surface area contributed by atoms with Gasteiger partial charge in [0.1, 0.15) is 5.75 Å². The highest BCUT2D eigenvalue weighted by molar-refractivity contribution is 5.59. The summed E-state index contributed by atoms with van der Waals surface area (Å²) in [5, 5.41) is 10.4. The van der Waals surface area contributed by atoms with Crippen molar-refractivity contribution in [3.05, 3.63) is 40.5 Å². The van der Waals surface area contributed by atoms with Gasteiger partial charge in [-0.2, -0.15) is 8.78 Å². The third kappa shape index (κ3) is 2.73. The predicted molar refractivity (Wildman–Crippen MR) is 49.8 cm³/mol. The Balaban J connectivity index is 3.12. The summed E-state index contributed by atoms with van der Waals surface area (Å²) < 4.78 is 28.0. The third-order valence-electron chi connectivity index (χ3n) is 1.64. The number of nitro groups is 1. The number of halogens is 2. The molecule has 0 aliphatic rings. The van der Waals surface area contributed by atoms with Crippen LogP contribution in [0.1, 0.15) is 5.56 Å². The van der Waals surface area contributed by atoms with Gasteiger partial charge in [0.2, 0.25) is 0 Å². The molecule has 15 heavy (non-hydrogen) atoms. The zero-order chi connectivity index (χ0) is 11.4. The zero-order valence-corrected chi connectivity index (χ0v) is 7.52. The van der Waals surface area contributed by atoms with Gasteiger partial charge in [0.15, 0.2) is 0 Å². The van der Waals surface area contributed by atoms with Crippen LogP contribution in [0.5, 0.6) is 5.75 Å². The number of alkyl halides is 2. The van der Waals surface area contributed by atoms with Gasteiger partial charge in [-0.1, -0.05) is 12.7 Å². The maximum atomic E-state index is 11.9. The molecule has 0 saturated carbocycles. The Hall–Kier alpha value is -1.98. The Morgan fingerprint density at radius 2 is 2.20 bits per heavy atom. The van der Waals surface area contributed by atoms with E-state index >= 15 is 0 Å². The van der Waals surface area contributed by atoms with Crippen LogP contribution in [0.25, 0.3) is 6.08 Å². The Kier molecular flexibility index (Phi) is 3.33. The normalized spacial score (nSPS) is 10.1. The van der Waals surface area contributed by atoms with Crippen LogP contribution in [-0.2, 0) is 0 Å². The van der Waals surface area contributed by atoms with E-state index in [4.69, 9.17) is 0 Å².